The minimum atomic E-state index is -1.12. The fraction of sp³-hybridized carbons (Fsp3) is 0.375. The summed E-state index contributed by atoms with van der Waals surface area (Å²) < 4.78 is 6.32. The molecule has 3 rings (SSSR count). The first-order valence-corrected chi connectivity index (χ1v) is 7.54. The average Bonchev–Trinajstić information content (AvgIpc) is 2.58. The SMILES string of the molecule is Cc1cccc2c(=O)n(CC(=O)N3CCOCC3C(=O)O)cnc12. The highest BCUT2D eigenvalue weighted by Gasteiger charge is 2.32. The van der Waals surface area contributed by atoms with Gasteiger partial charge in [-0.25, -0.2) is 9.78 Å². The maximum absolute atomic E-state index is 12.5. The van der Waals surface area contributed by atoms with Crippen molar-refractivity contribution >= 4 is 22.8 Å². The summed E-state index contributed by atoms with van der Waals surface area (Å²) in [6.45, 7) is 2.02. The molecule has 8 heteroatoms. The normalized spacial score (nSPS) is 17.9. The van der Waals surface area contributed by atoms with Gasteiger partial charge in [-0.2, -0.15) is 0 Å². The zero-order chi connectivity index (χ0) is 17.3. The van der Waals surface area contributed by atoms with Gasteiger partial charge in [0.25, 0.3) is 5.56 Å². The number of morpholine rings is 1. The Morgan fingerprint density at radius 1 is 1.42 bits per heavy atom. The number of hydrogen-bond donors (Lipinski definition) is 1. The largest absolute Gasteiger partial charge is 0.480 e. The highest BCUT2D eigenvalue weighted by molar-refractivity contribution is 5.84. The van der Waals surface area contributed by atoms with Crippen molar-refractivity contribution < 1.29 is 19.4 Å². The summed E-state index contributed by atoms with van der Waals surface area (Å²) in [6.07, 6.45) is 1.33. The fourth-order valence-corrected chi connectivity index (χ4v) is 2.79. The molecule has 1 aliphatic heterocycles. The van der Waals surface area contributed by atoms with E-state index in [2.05, 4.69) is 4.98 Å². The van der Waals surface area contributed by atoms with Gasteiger partial charge < -0.3 is 14.7 Å². The Morgan fingerprint density at radius 3 is 2.96 bits per heavy atom. The number of aromatic nitrogens is 2. The number of aliphatic carboxylic acids is 1. The number of para-hydroxylation sites is 1. The number of carbonyl (C=O) groups is 2. The van der Waals surface area contributed by atoms with Crippen LogP contribution in [0.2, 0.25) is 0 Å². The molecule has 1 unspecified atom stereocenters. The number of carboxylic acids is 1. The number of rotatable bonds is 3. The van der Waals surface area contributed by atoms with E-state index in [4.69, 9.17) is 4.74 Å². The van der Waals surface area contributed by atoms with Crippen molar-refractivity contribution in [3.05, 3.63) is 40.4 Å². The van der Waals surface area contributed by atoms with Crippen LogP contribution in [-0.2, 0) is 20.9 Å². The molecule has 1 aromatic heterocycles. The Bertz CT molecular complexity index is 860. The first-order valence-electron chi connectivity index (χ1n) is 7.54. The summed E-state index contributed by atoms with van der Waals surface area (Å²) in [6, 6.07) is 4.25. The molecule has 2 heterocycles. The van der Waals surface area contributed by atoms with E-state index in [9.17, 15) is 19.5 Å². The Labute approximate surface area is 137 Å². The lowest BCUT2D eigenvalue weighted by Gasteiger charge is -2.32. The van der Waals surface area contributed by atoms with Crippen molar-refractivity contribution in [2.45, 2.75) is 19.5 Å². The van der Waals surface area contributed by atoms with Crippen molar-refractivity contribution in [3.63, 3.8) is 0 Å². The molecular formula is C16H17N3O5. The molecule has 0 aliphatic carbocycles. The highest BCUT2D eigenvalue weighted by Crippen LogP contribution is 2.12. The quantitative estimate of drug-likeness (QED) is 0.850. The van der Waals surface area contributed by atoms with Crippen LogP contribution in [0.4, 0.5) is 0 Å². The standard InChI is InChI=1S/C16H17N3O5/c1-10-3-2-4-11-14(10)17-9-18(15(11)21)7-13(20)19-5-6-24-8-12(19)16(22)23/h2-4,9,12H,5-8H2,1H3,(H,22,23). The van der Waals surface area contributed by atoms with Gasteiger partial charge in [-0.15, -0.1) is 0 Å². The predicted octanol–water partition coefficient (Wildman–Crippen LogP) is 0.0169. The summed E-state index contributed by atoms with van der Waals surface area (Å²) in [5.74, 6) is -1.57. The number of benzene rings is 1. The summed E-state index contributed by atoms with van der Waals surface area (Å²) in [5, 5.41) is 9.63. The monoisotopic (exact) mass is 331 g/mol. The molecule has 24 heavy (non-hydrogen) atoms. The zero-order valence-electron chi connectivity index (χ0n) is 13.1. The van der Waals surface area contributed by atoms with E-state index in [-0.39, 0.29) is 31.9 Å². The average molecular weight is 331 g/mol. The molecule has 1 aliphatic rings. The number of nitrogens with zero attached hydrogens (tertiary/aromatic N) is 3. The molecule has 0 saturated carbocycles. The summed E-state index contributed by atoms with van der Waals surface area (Å²) in [5.41, 5.74) is 1.15. The molecule has 1 atom stereocenters. The van der Waals surface area contributed by atoms with Gasteiger partial charge in [0.2, 0.25) is 5.91 Å². The summed E-state index contributed by atoms with van der Waals surface area (Å²) >= 11 is 0. The van der Waals surface area contributed by atoms with Crippen LogP contribution in [0.15, 0.2) is 29.3 Å². The number of ether oxygens (including phenoxy) is 1. The van der Waals surface area contributed by atoms with Crippen LogP contribution in [0, 0.1) is 6.92 Å². The Kier molecular flexibility index (Phi) is 4.30. The van der Waals surface area contributed by atoms with Gasteiger partial charge in [-0.05, 0) is 18.6 Å². The smallest absolute Gasteiger partial charge is 0.328 e. The Balaban J connectivity index is 1.89. The van der Waals surface area contributed by atoms with Crippen LogP contribution >= 0.6 is 0 Å². The molecule has 1 fully saturated rings. The number of carbonyl (C=O) groups excluding carboxylic acids is 1. The van der Waals surface area contributed by atoms with Gasteiger partial charge in [0.1, 0.15) is 6.54 Å². The van der Waals surface area contributed by atoms with Crippen LogP contribution in [-0.4, -0.2) is 57.2 Å². The lowest BCUT2D eigenvalue weighted by Crippen LogP contribution is -2.53. The molecule has 0 bridgehead atoms. The van der Waals surface area contributed by atoms with Crippen molar-refractivity contribution in [1.82, 2.24) is 14.5 Å². The molecule has 0 radical (unpaired) electrons. The van der Waals surface area contributed by atoms with Crippen LogP contribution in [0.3, 0.4) is 0 Å². The third-order valence-electron chi connectivity index (χ3n) is 4.09. The van der Waals surface area contributed by atoms with E-state index in [1.54, 1.807) is 12.1 Å². The van der Waals surface area contributed by atoms with Crippen LogP contribution in [0.1, 0.15) is 5.56 Å². The molecule has 2 aromatic rings. The molecule has 1 aromatic carbocycles. The van der Waals surface area contributed by atoms with E-state index < -0.39 is 17.9 Å². The van der Waals surface area contributed by atoms with Crippen LogP contribution < -0.4 is 5.56 Å². The number of aryl methyl sites for hydroxylation is 1. The Morgan fingerprint density at radius 2 is 2.21 bits per heavy atom. The lowest BCUT2D eigenvalue weighted by atomic mass is 10.1. The molecule has 1 N–H and O–H groups in total. The molecule has 8 nitrogen and oxygen atoms in total. The third kappa shape index (κ3) is 2.88. The second-order valence-corrected chi connectivity index (χ2v) is 5.66. The van der Waals surface area contributed by atoms with Gasteiger partial charge in [0, 0.05) is 6.54 Å². The topological polar surface area (TPSA) is 102 Å². The predicted molar refractivity (Wildman–Crippen MR) is 84.7 cm³/mol. The van der Waals surface area contributed by atoms with Crippen molar-refractivity contribution in [3.8, 4) is 0 Å². The van der Waals surface area contributed by atoms with Crippen molar-refractivity contribution in [1.29, 1.82) is 0 Å². The molecule has 1 amide bonds. The van der Waals surface area contributed by atoms with Gasteiger partial charge in [-0.1, -0.05) is 12.1 Å². The van der Waals surface area contributed by atoms with E-state index >= 15 is 0 Å². The zero-order valence-corrected chi connectivity index (χ0v) is 13.1. The summed E-state index contributed by atoms with van der Waals surface area (Å²) in [4.78, 5) is 41.7. The fourth-order valence-electron chi connectivity index (χ4n) is 2.79. The lowest BCUT2D eigenvalue weighted by molar-refractivity contribution is -0.158. The molecular weight excluding hydrogens is 314 g/mol. The van der Waals surface area contributed by atoms with Crippen molar-refractivity contribution in [2.24, 2.45) is 0 Å². The minimum absolute atomic E-state index is 0.0505. The number of amides is 1. The highest BCUT2D eigenvalue weighted by atomic mass is 16.5. The van der Waals surface area contributed by atoms with E-state index in [0.717, 1.165) is 5.56 Å². The third-order valence-corrected chi connectivity index (χ3v) is 4.09. The second kappa shape index (κ2) is 6.40. The maximum atomic E-state index is 12.5. The maximum Gasteiger partial charge on any atom is 0.328 e. The van der Waals surface area contributed by atoms with Gasteiger partial charge in [0.15, 0.2) is 6.04 Å². The number of fused-ring (bicyclic) bond motifs is 1. The first-order chi connectivity index (χ1) is 11.5. The minimum Gasteiger partial charge on any atom is -0.480 e. The van der Waals surface area contributed by atoms with Crippen LogP contribution in [0.25, 0.3) is 10.9 Å². The number of carboxylic acid groups (broad SMARTS) is 1. The molecule has 126 valence electrons. The Hall–Kier alpha value is -2.74. The van der Waals surface area contributed by atoms with E-state index in [1.807, 2.05) is 13.0 Å². The van der Waals surface area contributed by atoms with Crippen molar-refractivity contribution in [2.75, 3.05) is 19.8 Å². The number of hydrogen-bond acceptors (Lipinski definition) is 5. The first kappa shape index (κ1) is 16.1. The van der Waals surface area contributed by atoms with Gasteiger partial charge >= 0.3 is 5.97 Å². The van der Waals surface area contributed by atoms with Crippen LogP contribution in [0.5, 0.6) is 0 Å². The second-order valence-electron chi connectivity index (χ2n) is 5.66. The van der Waals surface area contributed by atoms with Gasteiger partial charge in [-0.3, -0.25) is 14.2 Å². The van der Waals surface area contributed by atoms with E-state index in [1.165, 1.54) is 15.8 Å². The summed E-state index contributed by atoms with van der Waals surface area (Å²) in [7, 11) is 0. The molecule has 0 spiro atoms. The molecule has 1 saturated heterocycles. The van der Waals surface area contributed by atoms with Gasteiger partial charge in [0.05, 0.1) is 30.4 Å². The van der Waals surface area contributed by atoms with E-state index in [0.29, 0.717) is 10.9 Å².